The van der Waals surface area contributed by atoms with Gasteiger partial charge >= 0.3 is 0 Å². The average Bonchev–Trinajstić information content (AvgIpc) is 3.52. The van der Waals surface area contributed by atoms with Crippen molar-refractivity contribution in [2.75, 3.05) is 0 Å². The van der Waals surface area contributed by atoms with Gasteiger partial charge in [-0.05, 0) is 103 Å². The van der Waals surface area contributed by atoms with Crippen molar-refractivity contribution in [1.82, 2.24) is 0 Å². The fourth-order valence-corrected chi connectivity index (χ4v) is 5.20. The lowest BCUT2D eigenvalue weighted by molar-refractivity contribution is 0.553. The molecule has 0 fully saturated rings. The first-order valence-electron chi connectivity index (χ1n) is 11.4. The smallest absolute Gasteiger partial charge is 0.133 e. The van der Waals surface area contributed by atoms with Gasteiger partial charge in [-0.15, -0.1) is 0 Å². The first kappa shape index (κ1) is 19.9. The monoisotopic (exact) mass is 430 g/mol. The zero-order chi connectivity index (χ0) is 22.7. The lowest BCUT2D eigenvalue weighted by atomic mass is 9.88. The fourth-order valence-electron chi connectivity index (χ4n) is 5.20. The van der Waals surface area contributed by atoms with Gasteiger partial charge in [0.25, 0.3) is 0 Å². The molecule has 1 aliphatic rings. The van der Waals surface area contributed by atoms with E-state index in [1.54, 1.807) is 6.26 Å². The Hall–Kier alpha value is -3.78. The minimum atomic E-state index is 0.891. The maximum Gasteiger partial charge on any atom is 0.133 e. The van der Waals surface area contributed by atoms with Gasteiger partial charge in [0.05, 0.1) is 12.5 Å². The molecule has 0 saturated carbocycles. The molecular formula is C31H26O2. The summed E-state index contributed by atoms with van der Waals surface area (Å²) in [6.07, 6.45) is 6.81. The second kappa shape index (κ2) is 7.38. The quantitative estimate of drug-likeness (QED) is 0.286. The number of allylic oxidation sites excluding steroid dienone is 1. The van der Waals surface area contributed by atoms with E-state index in [4.69, 9.17) is 8.83 Å². The minimum absolute atomic E-state index is 0.891. The van der Waals surface area contributed by atoms with Crippen molar-refractivity contribution in [1.29, 1.82) is 0 Å². The molecule has 33 heavy (non-hydrogen) atoms. The van der Waals surface area contributed by atoms with Gasteiger partial charge in [0.2, 0.25) is 0 Å². The first-order valence-corrected chi connectivity index (χ1v) is 11.4. The lowest BCUT2D eigenvalue weighted by Crippen LogP contribution is -1.96. The van der Waals surface area contributed by atoms with Crippen LogP contribution in [0.1, 0.15) is 39.1 Å². The van der Waals surface area contributed by atoms with Crippen molar-refractivity contribution in [3.05, 3.63) is 106 Å². The van der Waals surface area contributed by atoms with Crippen LogP contribution < -0.4 is 0 Å². The van der Waals surface area contributed by atoms with E-state index in [0.717, 1.165) is 34.3 Å². The Kier molecular flexibility index (Phi) is 4.45. The van der Waals surface area contributed by atoms with Crippen molar-refractivity contribution in [3.8, 4) is 22.3 Å². The van der Waals surface area contributed by atoms with Crippen LogP contribution in [0, 0.1) is 27.7 Å². The number of rotatable bonds is 3. The van der Waals surface area contributed by atoms with E-state index in [1.807, 2.05) is 18.4 Å². The summed E-state index contributed by atoms with van der Waals surface area (Å²) in [6, 6.07) is 19.6. The molecule has 3 aromatic carbocycles. The number of fused-ring (bicyclic) bond motifs is 2. The third-order valence-corrected chi connectivity index (χ3v) is 6.88. The van der Waals surface area contributed by atoms with Crippen LogP contribution in [0.5, 0.6) is 0 Å². The SMILES string of the molecule is Cc1cc(C)cc(-c2c(C)c(C)cc3c2C=C(c2cc(-c4ccc5occc5c4)co2)C3)c1. The van der Waals surface area contributed by atoms with E-state index >= 15 is 0 Å². The highest BCUT2D eigenvalue weighted by atomic mass is 16.3. The molecule has 5 aromatic rings. The Bertz CT molecular complexity index is 1550. The topological polar surface area (TPSA) is 26.3 Å². The van der Waals surface area contributed by atoms with Crippen LogP contribution in [-0.4, -0.2) is 0 Å². The molecule has 162 valence electrons. The summed E-state index contributed by atoms with van der Waals surface area (Å²) < 4.78 is 11.6. The van der Waals surface area contributed by atoms with Gasteiger partial charge in [-0.2, -0.15) is 0 Å². The van der Waals surface area contributed by atoms with E-state index in [-0.39, 0.29) is 0 Å². The largest absolute Gasteiger partial charge is 0.464 e. The maximum absolute atomic E-state index is 6.08. The number of furan rings is 2. The van der Waals surface area contributed by atoms with Crippen LogP contribution in [0.25, 0.3) is 44.9 Å². The highest BCUT2D eigenvalue weighted by Gasteiger charge is 2.23. The summed E-state index contributed by atoms with van der Waals surface area (Å²) >= 11 is 0. The molecule has 0 bridgehead atoms. The average molecular weight is 431 g/mol. The van der Waals surface area contributed by atoms with Gasteiger partial charge < -0.3 is 8.83 Å². The summed E-state index contributed by atoms with van der Waals surface area (Å²) in [5.74, 6) is 0.940. The van der Waals surface area contributed by atoms with Crippen molar-refractivity contribution in [2.24, 2.45) is 0 Å². The van der Waals surface area contributed by atoms with E-state index < -0.39 is 0 Å². The standard InChI is InChI=1S/C31H26O2/c1-18-9-19(2)11-26(10-18)31-21(4)20(3)12-24-14-25(15-28(24)31)30-16-27(17-33-30)22-5-6-29-23(13-22)7-8-32-29/h5-13,15-17H,14H2,1-4H3. The molecule has 0 N–H and O–H groups in total. The summed E-state index contributed by atoms with van der Waals surface area (Å²) in [4.78, 5) is 0. The van der Waals surface area contributed by atoms with Gasteiger partial charge in [0.1, 0.15) is 11.3 Å². The third-order valence-electron chi connectivity index (χ3n) is 6.88. The zero-order valence-corrected chi connectivity index (χ0v) is 19.5. The predicted octanol–water partition coefficient (Wildman–Crippen LogP) is 8.69. The third kappa shape index (κ3) is 3.34. The number of hydrogen-bond acceptors (Lipinski definition) is 2. The molecule has 0 saturated heterocycles. The van der Waals surface area contributed by atoms with Gasteiger partial charge in [0.15, 0.2) is 0 Å². The highest BCUT2D eigenvalue weighted by molar-refractivity contribution is 5.95. The Morgan fingerprint density at radius 2 is 1.55 bits per heavy atom. The van der Waals surface area contributed by atoms with Crippen molar-refractivity contribution >= 4 is 22.6 Å². The van der Waals surface area contributed by atoms with Crippen molar-refractivity contribution in [3.63, 3.8) is 0 Å². The van der Waals surface area contributed by atoms with Crippen LogP contribution in [-0.2, 0) is 6.42 Å². The molecule has 0 spiro atoms. The predicted molar refractivity (Wildman–Crippen MR) is 136 cm³/mol. The molecule has 0 radical (unpaired) electrons. The Morgan fingerprint density at radius 3 is 2.36 bits per heavy atom. The van der Waals surface area contributed by atoms with Crippen LogP contribution in [0.4, 0.5) is 0 Å². The summed E-state index contributed by atoms with van der Waals surface area (Å²) in [6.45, 7) is 8.81. The molecule has 0 amide bonds. The molecule has 6 rings (SSSR count). The molecule has 0 aliphatic heterocycles. The fraction of sp³-hybridized carbons (Fsp3) is 0.161. The summed E-state index contributed by atoms with van der Waals surface area (Å²) in [5, 5.41) is 1.10. The molecule has 0 atom stereocenters. The number of aryl methyl sites for hydroxylation is 3. The molecule has 2 nitrogen and oxygen atoms in total. The van der Waals surface area contributed by atoms with Crippen LogP contribution in [0.3, 0.4) is 0 Å². The van der Waals surface area contributed by atoms with Crippen molar-refractivity contribution in [2.45, 2.75) is 34.1 Å². The van der Waals surface area contributed by atoms with E-state index in [9.17, 15) is 0 Å². The minimum Gasteiger partial charge on any atom is -0.464 e. The Morgan fingerprint density at radius 1 is 0.727 bits per heavy atom. The Balaban J connectivity index is 1.42. The van der Waals surface area contributed by atoms with Crippen LogP contribution >= 0.6 is 0 Å². The van der Waals surface area contributed by atoms with Gasteiger partial charge in [-0.1, -0.05) is 41.5 Å². The van der Waals surface area contributed by atoms with Gasteiger partial charge in [0, 0.05) is 17.4 Å². The van der Waals surface area contributed by atoms with Gasteiger partial charge in [-0.25, -0.2) is 0 Å². The van der Waals surface area contributed by atoms with E-state index in [2.05, 4.69) is 76.2 Å². The van der Waals surface area contributed by atoms with Crippen LogP contribution in [0.15, 0.2) is 76.0 Å². The molecular weight excluding hydrogens is 404 g/mol. The molecule has 2 aromatic heterocycles. The van der Waals surface area contributed by atoms with Crippen molar-refractivity contribution < 1.29 is 8.83 Å². The molecule has 2 heteroatoms. The summed E-state index contributed by atoms with van der Waals surface area (Å²) in [7, 11) is 0. The molecule has 1 aliphatic carbocycles. The number of benzene rings is 3. The maximum atomic E-state index is 6.08. The highest BCUT2D eigenvalue weighted by Crippen LogP contribution is 2.42. The second-order valence-electron chi connectivity index (χ2n) is 9.36. The first-order chi connectivity index (χ1) is 16.0. The lowest BCUT2D eigenvalue weighted by Gasteiger charge is -2.16. The summed E-state index contributed by atoms with van der Waals surface area (Å²) in [5.41, 5.74) is 15.0. The van der Waals surface area contributed by atoms with E-state index in [0.29, 0.717) is 0 Å². The molecule has 0 unspecified atom stereocenters. The second-order valence-corrected chi connectivity index (χ2v) is 9.36. The number of hydrogen-bond donors (Lipinski definition) is 0. The Labute approximate surface area is 194 Å². The normalized spacial score (nSPS) is 12.9. The molecule has 2 heterocycles. The van der Waals surface area contributed by atoms with E-state index in [1.165, 1.54) is 50.1 Å². The van der Waals surface area contributed by atoms with Gasteiger partial charge in [-0.3, -0.25) is 0 Å². The van der Waals surface area contributed by atoms with Crippen LogP contribution in [0.2, 0.25) is 0 Å². The zero-order valence-electron chi connectivity index (χ0n) is 19.5.